The zero-order chi connectivity index (χ0) is 25.7. The van der Waals surface area contributed by atoms with E-state index in [0.717, 1.165) is 19.3 Å². The first-order valence-electron chi connectivity index (χ1n) is 11.4. The molecule has 1 atom stereocenters. The predicted molar refractivity (Wildman–Crippen MR) is 126 cm³/mol. The number of ether oxygens (including phenoxy) is 2. The molecule has 0 aliphatic carbocycles. The van der Waals surface area contributed by atoms with Crippen LogP contribution in [0.3, 0.4) is 0 Å². The van der Waals surface area contributed by atoms with Gasteiger partial charge in [-0.3, -0.25) is 14.4 Å². The van der Waals surface area contributed by atoms with Crippen LogP contribution in [0.4, 0.5) is 4.79 Å². The molecule has 3 N–H and O–H groups in total. The van der Waals surface area contributed by atoms with Crippen molar-refractivity contribution in [3.8, 4) is 5.75 Å². The number of hydrogen-bond acceptors (Lipinski definition) is 7. The van der Waals surface area contributed by atoms with Gasteiger partial charge in [0, 0.05) is 6.54 Å². The number of rotatable bonds is 12. The fourth-order valence-electron chi connectivity index (χ4n) is 3.13. The molecular formula is C24H37N3O7. The number of phenols is 1. The average Bonchev–Trinajstić information content (AvgIpc) is 2.77. The molecule has 10 nitrogen and oxygen atoms in total. The Kier molecular flexibility index (Phi) is 11.9. The minimum Gasteiger partial charge on any atom is -0.508 e. The zero-order valence-electron chi connectivity index (χ0n) is 20.7. The summed E-state index contributed by atoms with van der Waals surface area (Å²) in [5, 5.41) is 14.6. The van der Waals surface area contributed by atoms with Crippen LogP contribution in [0.2, 0.25) is 0 Å². The Hall–Kier alpha value is -3.30. The lowest BCUT2D eigenvalue weighted by molar-refractivity contribution is -0.143. The molecule has 0 fully saturated rings. The number of esters is 1. The number of nitrogens with zero attached hydrogens (tertiary/aromatic N) is 1. The van der Waals surface area contributed by atoms with Crippen molar-refractivity contribution in [1.29, 1.82) is 0 Å². The van der Waals surface area contributed by atoms with E-state index in [9.17, 15) is 24.3 Å². The summed E-state index contributed by atoms with van der Waals surface area (Å²) >= 11 is 0. The van der Waals surface area contributed by atoms with E-state index in [-0.39, 0.29) is 25.4 Å². The molecule has 0 spiro atoms. The molecule has 10 heteroatoms. The summed E-state index contributed by atoms with van der Waals surface area (Å²) in [6.07, 6.45) is 2.71. The number of unbranched alkanes of at least 4 members (excludes halogenated alkanes) is 3. The first-order valence-corrected chi connectivity index (χ1v) is 11.4. The second-order valence-corrected chi connectivity index (χ2v) is 8.79. The molecule has 3 amide bonds. The van der Waals surface area contributed by atoms with E-state index in [0.29, 0.717) is 12.0 Å². The number of phenolic OH excluding ortho intramolecular Hbond substituents is 1. The number of amides is 3. The number of methoxy groups -OCH3 is 1. The number of carbonyl (C=O) groups is 4. The Labute approximate surface area is 201 Å². The molecule has 0 aliphatic heterocycles. The van der Waals surface area contributed by atoms with Gasteiger partial charge in [-0.2, -0.15) is 0 Å². The fraction of sp³-hybridized carbons (Fsp3) is 0.583. The van der Waals surface area contributed by atoms with Gasteiger partial charge in [-0.05, 0) is 44.9 Å². The SMILES string of the molecule is CCCCCCN(C(=O)CNC(=O)OC(C)(C)C)C(C(=O)NCC(=O)OC)c1ccc(O)cc1. The summed E-state index contributed by atoms with van der Waals surface area (Å²) in [4.78, 5) is 51.3. The summed E-state index contributed by atoms with van der Waals surface area (Å²) in [7, 11) is 1.21. The monoisotopic (exact) mass is 479 g/mol. The number of nitrogens with one attached hydrogen (secondary N) is 2. The summed E-state index contributed by atoms with van der Waals surface area (Å²) in [5.74, 6) is -1.71. The minimum absolute atomic E-state index is 0.00452. The van der Waals surface area contributed by atoms with Crippen LogP contribution in [0, 0.1) is 0 Å². The van der Waals surface area contributed by atoms with Crippen LogP contribution >= 0.6 is 0 Å². The quantitative estimate of drug-likeness (QED) is 0.310. The van der Waals surface area contributed by atoms with Crippen molar-refractivity contribution < 1.29 is 33.8 Å². The second kappa shape index (κ2) is 14.1. The van der Waals surface area contributed by atoms with Gasteiger partial charge in [0.05, 0.1) is 7.11 Å². The molecule has 190 valence electrons. The molecule has 34 heavy (non-hydrogen) atoms. The maximum atomic E-state index is 13.2. The van der Waals surface area contributed by atoms with Gasteiger partial charge in [0.15, 0.2) is 0 Å². The smallest absolute Gasteiger partial charge is 0.408 e. The molecule has 1 unspecified atom stereocenters. The van der Waals surface area contributed by atoms with E-state index < -0.39 is 35.5 Å². The Morgan fingerprint density at radius 3 is 2.21 bits per heavy atom. The number of aromatic hydroxyl groups is 1. The van der Waals surface area contributed by atoms with Crippen LogP contribution in [0.25, 0.3) is 0 Å². The van der Waals surface area contributed by atoms with Crippen LogP contribution in [-0.2, 0) is 23.9 Å². The van der Waals surface area contributed by atoms with Gasteiger partial charge in [-0.15, -0.1) is 0 Å². The van der Waals surface area contributed by atoms with Crippen LogP contribution in [-0.4, -0.2) is 66.2 Å². The number of benzene rings is 1. The van der Waals surface area contributed by atoms with Gasteiger partial charge in [0.25, 0.3) is 0 Å². The lowest BCUT2D eigenvalue weighted by Crippen LogP contribution is -2.48. The molecular weight excluding hydrogens is 442 g/mol. The van der Waals surface area contributed by atoms with E-state index in [1.54, 1.807) is 20.8 Å². The Balaban J connectivity index is 3.16. The molecule has 0 saturated heterocycles. The molecule has 1 aromatic rings. The topological polar surface area (TPSA) is 134 Å². The summed E-state index contributed by atoms with van der Waals surface area (Å²) < 4.78 is 9.76. The molecule has 0 aromatic heterocycles. The Morgan fingerprint density at radius 2 is 1.65 bits per heavy atom. The van der Waals surface area contributed by atoms with Crippen molar-refractivity contribution in [3.63, 3.8) is 0 Å². The van der Waals surface area contributed by atoms with Gasteiger partial charge >= 0.3 is 12.1 Å². The molecule has 0 bridgehead atoms. The Morgan fingerprint density at radius 1 is 1.00 bits per heavy atom. The van der Waals surface area contributed by atoms with Crippen LogP contribution < -0.4 is 10.6 Å². The lowest BCUT2D eigenvalue weighted by atomic mass is 10.0. The third kappa shape index (κ3) is 10.5. The van der Waals surface area contributed by atoms with Crippen LogP contribution in [0.1, 0.15) is 65.0 Å². The number of alkyl carbamates (subject to hydrolysis) is 1. The molecule has 1 aromatic carbocycles. The van der Waals surface area contributed by atoms with E-state index in [4.69, 9.17) is 4.74 Å². The zero-order valence-corrected chi connectivity index (χ0v) is 20.7. The lowest BCUT2D eigenvalue weighted by Gasteiger charge is -2.31. The third-order valence-corrected chi connectivity index (χ3v) is 4.76. The summed E-state index contributed by atoms with van der Waals surface area (Å²) in [6, 6.07) is 4.81. The molecule has 1 rings (SSSR count). The summed E-state index contributed by atoms with van der Waals surface area (Å²) in [6.45, 7) is 6.71. The predicted octanol–water partition coefficient (Wildman–Crippen LogP) is 2.66. The minimum atomic E-state index is -1.08. The van der Waals surface area contributed by atoms with Crippen molar-refractivity contribution in [2.45, 2.75) is 65.0 Å². The molecule has 0 aliphatic rings. The highest BCUT2D eigenvalue weighted by Gasteiger charge is 2.32. The van der Waals surface area contributed by atoms with Gasteiger partial charge in [-0.25, -0.2) is 4.79 Å². The Bertz CT molecular complexity index is 819. The van der Waals surface area contributed by atoms with Gasteiger partial charge in [0.1, 0.15) is 30.5 Å². The summed E-state index contributed by atoms with van der Waals surface area (Å²) in [5.41, 5.74) is -0.281. The number of carbonyl (C=O) groups excluding carboxylic acids is 4. The van der Waals surface area contributed by atoms with Crippen molar-refractivity contribution in [3.05, 3.63) is 29.8 Å². The largest absolute Gasteiger partial charge is 0.508 e. The van der Waals surface area contributed by atoms with Crippen LogP contribution in [0.5, 0.6) is 5.75 Å². The first kappa shape index (κ1) is 28.7. The maximum absolute atomic E-state index is 13.2. The normalized spacial score (nSPS) is 11.8. The van der Waals surface area contributed by atoms with Crippen molar-refractivity contribution in [1.82, 2.24) is 15.5 Å². The van der Waals surface area contributed by atoms with E-state index in [2.05, 4.69) is 22.3 Å². The van der Waals surface area contributed by atoms with Crippen molar-refractivity contribution in [2.24, 2.45) is 0 Å². The highest BCUT2D eigenvalue weighted by Crippen LogP contribution is 2.24. The molecule has 0 radical (unpaired) electrons. The first-order chi connectivity index (χ1) is 16.0. The van der Waals surface area contributed by atoms with Gasteiger partial charge < -0.3 is 30.1 Å². The van der Waals surface area contributed by atoms with Crippen molar-refractivity contribution >= 4 is 23.9 Å². The maximum Gasteiger partial charge on any atom is 0.408 e. The molecule has 0 saturated carbocycles. The van der Waals surface area contributed by atoms with E-state index in [1.807, 2.05) is 0 Å². The third-order valence-electron chi connectivity index (χ3n) is 4.76. The second-order valence-electron chi connectivity index (χ2n) is 8.79. The highest BCUT2D eigenvalue weighted by atomic mass is 16.6. The fourth-order valence-corrected chi connectivity index (χ4v) is 3.13. The van der Waals surface area contributed by atoms with Gasteiger partial charge in [0.2, 0.25) is 11.8 Å². The van der Waals surface area contributed by atoms with E-state index >= 15 is 0 Å². The van der Waals surface area contributed by atoms with Crippen LogP contribution in [0.15, 0.2) is 24.3 Å². The molecule has 0 heterocycles. The standard InChI is InChI=1S/C24H37N3O7/c1-6-7-8-9-14-27(19(29)15-26-23(32)34-24(2,3)4)21(17-10-12-18(28)13-11-17)22(31)25-16-20(30)33-5/h10-13,21,28H,6-9,14-16H2,1-5H3,(H,25,31)(H,26,32). The number of hydrogen-bond donors (Lipinski definition) is 3. The van der Waals surface area contributed by atoms with E-state index in [1.165, 1.54) is 36.3 Å². The highest BCUT2D eigenvalue weighted by molar-refractivity contribution is 5.91. The van der Waals surface area contributed by atoms with Gasteiger partial charge in [-0.1, -0.05) is 38.3 Å². The van der Waals surface area contributed by atoms with Crippen molar-refractivity contribution in [2.75, 3.05) is 26.7 Å². The average molecular weight is 480 g/mol.